The molecule has 0 bridgehead atoms. The number of rotatable bonds is 9. The fourth-order valence-electron chi connectivity index (χ4n) is 4.11. The second kappa shape index (κ2) is 12.1. The third-order valence-electron chi connectivity index (χ3n) is 6.18. The van der Waals surface area contributed by atoms with Crippen LogP contribution in [-0.2, 0) is 9.59 Å². The summed E-state index contributed by atoms with van der Waals surface area (Å²) in [4.78, 5) is 41.6. The molecule has 3 aromatic rings. The Kier molecular flexibility index (Phi) is 9.15. The fourth-order valence-corrected chi connectivity index (χ4v) is 4.11. The molecule has 7 heteroatoms. The lowest BCUT2D eigenvalue weighted by Crippen LogP contribution is -2.51. The van der Waals surface area contributed by atoms with Crippen molar-refractivity contribution >= 4 is 23.4 Å². The summed E-state index contributed by atoms with van der Waals surface area (Å²) in [5.41, 5.74) is 2.97. The van der Waals surface area contributed by atoms with Gasteiger partial charge in [-0.25, -0.2) is 0 Å². The normalized spacial score (nSPS) is 12.3. The smallest absolute Gasteiger partial charge is 0.287 e. The summed E-state index contributed by atoms with van der Waals surface area (Å²) >= 11 is 0. The number of nitrogens with zero attached hydrogens (tertiary/aromatic N) is 1. The van der Waals surface area contributed by atoms with Crippen LogP contribution in [0.2, 0.25) is 0 Å². The number of hydrogen-bond donors (Lipinski definition) is 2. The Bertz CT molecular complexity index is 1220. The van der Waals surface area contributed by atoms with E-state index in [2.05, 4.69) is 38.3 Å². The van der Waals surface area contributed by atoms with Gasteiger partial charge in [-0.15, -0.1) is 0 Å². The maximum Gasteiger partial charge on any atom is 0.287 e. The number of hydrogen-bond acceptors (Lipinski definition) is 4. The number of amides is 3. The minimum absolute atomic E-state index is 0.108. The van der Waals surface area contributed by atoms with Crippen LogP contribution in [0, 0.1) is 0 Å². The van der Waals surface area contributed by atoms with Crippen LogP contribution in [0.1, 0.15) is 93.6 Å². The van der Waals surface area contributed by atoms with E-state index in [1.165, 1.54) is 17.2 Å². The highest BCUT2D eigenvalue weighted by atomic mass is 16.3. The number of anilines is 1. The molecule has 0 saturated heterocycles. The summed E-state index contributed by atoms with van der Waals surface area (Å²) in [6.07, 6.45) is 1.40. The molecule has 38 heavy (non-hydrogen) atoms. The number of carbonyl (C=O) groups excluding carboxylic acids is 3. The van der Waals surface area contributed by atoms with Crippen LogP contribution >= 0.6 is 0 Å². The molecule has 0 radical (unpaired) electrons. The molecule has 1 unspecified atom stereocenters. The summed E-state index contributed by atoms with van der Waals surface area (Å²) in [5, 5.41) is 5.67. The predicted molar refractivity (Wildman–Crippen MR) is 150 cm³/mol. The molecule has 1 aromatic heterocycles. The van der Waals surface area contributed by atoms with E-state index in [9.17, 15) is 14.4 Å². The van der Waals surface area contributed by atoms with Crippen LogP contribution < -0.4 is 15.5 Å². The molecule has 202 valence electrons. The van der Waals surface area contributed by atoms with Gasteiger partial charge in [0, 0.05) is 11.2 Å². The minimum atomic E-state index is -0.951. The van der Waals surface area contributed by atoms with E-state index in [0.29, 0.717) is 23.1 Å². The number of nitrogens with one attached hydrogen (secondary N) is 2. The van der Waals surface area contributed by atoms with Crippen molar-refractivity contribution in [1.82, 2.24) is 10.6 Å². The quantitative estimate of drug-likeness (QED) is 0.367. The van der Waals surface area contributed by atoms with Gasteiger partial charge < -0.3 is 15.1 Å². The molecule has 0 saturated carbocycles. The monoisotopic (exact) mass is 517 g/mol. The van der Waals surface area contributed by atoms with Crippen molar-refractivity contribution in [1.29, 1.82) is 0 Å². The highest BCUT2D eigenvalue weighted by molar-refractivity contribution is 6.04. The molecular weight excluding hydrogens is 478 g/mol. The summed E-state index contributed by atoms with van der Waals surface area (Å²) in [6.45, 7) is 13.8. The van der Waals surface area contributed by atoms with Crippen LogP contribution in [0.15, 0.2) is 71.3 Å². The van der Waals surface area contributed by atoms with Crippen LogP contribution in [0.4, 0.5) is 5.69 Å². The van der Waals surface area contributed by atoms with Gasteiger partial charge in [-0.1, -0.05) is 64.1 Å². The minimum Gasteiger partial charge on any atom is -0.459 e. The molecule has 0 fully saturated rings. The Hall–Kier alpha value is -3.87. The average Bonchev–Trinajstić information content (AvgIpc) is 3.40. The van der Waals surface area contributed by atoms with Gasteiger partial charge in [0.05, 0.1) is 12.8 Å². The largest absolute Gasteiger partial charge is 0.459 e. The Morgan fingerprint density at radius 1 is 0.816 bits per heavy atom. The van der Waals surface area contributed by atoms with Crippen LogP contribution in [0.3, 0.4) is 0 Å². The van der Waals surface area contributed by atoms with E-state index in [1.54, 1.807) is 6.07 Å². The van der Waals surface area contributed by atoms with Crippen molar-refractivity contribution < 1.29 is 18.8 Å². The third kappa shape index (κ3) is 7.34. The van der Waals surface area contributed by atoms with Gasteiger partial charge in [0.2, 0.25) is 11.8 Å². The molecule has 2 N–H and O–H groups in total. The average molecular weight is 518 g/mol. The number of furan rings is 1. The fraction of sp³-hybridized carbons (Fsp3) is 0.387. The Morgan fingerprint density at radius 2 is 1.34 bits per heavy atom. The maximum absolute atomic E-state index is 13.8. The zero-order valence-corrected chi connectivity index (χ0v) is 23.4. The van der Waals surface area contributed by atoms with Crippen molar-refractivity contribution in [3.8, 4) is 0 Å². The second-order valence-electron chi connectivity index (χ2n) is 11.1. The first kappa shape index (κ1) is 28.7. The molecule has 3 amide bonds. The lowest BCUT2D eigenvalue weighted by atomic mass is 9.96. The lowest BCUT2D eigenvalue weighted by Gasteiger charge is -2.34. The van der Waals surface area contributed by atoms with Gasteiger partial charge in [-0.05, 0) is 73.6 Å². The van der Waals surface area contributed by atoms with Crippen LogP contribution in [-0.4, -0.2) is 29.8 Å². The Morgan fingerprint density at radius 3 is 1.82 bits per heavy atom. The molecule has 0 spiro atoms. The first-order valence-corrected chi connectivity index (χ1v) is 13.0. The molecule has 0 aliphatic heterocycles. The lowest BCUT2D eigenvalue weighted by molar-refractivity contribution is -0.127. The Labute approximate surface area is 225 Å². The van der Waals surface area contributed by atoms with Gasteiger partial charge in [0.25, 0.3) is 5.91 Å². The molecule has 0 aliphatic carbocycles. The third-order valence-corrected chi connectivity index (χ3v) is 6.18. The Balaban J connectivity index is 2.06. The van der Waals surface area contributed by atoms with E-state index in [4.69, 9.17) is 4.42 Å². The van der Waals surface area contributed by atoms with E-state index in [1.807, 2.05) is 69.3 Å². The van der Waals surface area contributed by atoms with Crippen molar-refractivity contribution in [2.45, 2.75) is 71.9 Å². The molecule has 1 heterocycles. The molecule has 1 atom stereocenters. The molecule has 3 rings (SSSR count). The van der Waals surface area contributed by atoms with Gasteiger partial charge in [-0.2, -0.15) is 0 Å². The second-order valence-corrected chi connectivity index (χ2v) is 11.1. The van der Waals surface area contributed by atoms with E-state index < -0.39 is 23.4 Å². The van der Waals surface area contributed by atoms with Crippen molar-refractivity contribution in [2.24, 2.45) is 0 Å². The van der Waals surface area contributed by atoms with E-state index in [-0.39, 0.29) is 18.2 Å². The topological polar surface area (TPSA) is 91.7 Å². The molecular formula is C31H39N3O4. The van der Waals surface area contributed by atoms with Gasteiger partial charge in [-0.3, -0.25) is 19.3 Å². The highest BCUT2D eigenvalue weighted by Crippen LogP contribution is 2.31. The van der Waals surface area contributed by atoms with E-state index in [0.717, 1.165) is 11.1 Å². The van der Waals surface area contributed by atoms with Gasteiger partial charge in [0.15, 0.2) is 5.76 Å². The standard InChI is InChI=1S/C31H39N3O4/c1-20(2)22-10-12-24(13-11-22)28(30(37)33-31(5,6)7)34(25-16-14-23(15-17-25)21(3)4)27(35)19-32-29(36)26-9-8-18-38-26/h8-18,20-21,28H,19H2,1-7H3,(H,32,36)(H,33,37). The summed E-state index contributed by atoms with van der Waals surface area (Å²) in [5.74, 6) is -0.501. The zero-order valence-electron chi connectivity index (χ0n) is 23.4. The number of carbonyl (C=O) groups is 3. The van der Waals surface area contributed by atoms with Crippen LogP contribution in [0.25, 0.3) is 0 Å². The molecule has 7 nitrogen and oxygen atoms in total. The first-order valence-electron chi connectivity index (χ1n) is 13.0. The maximum atomic E-state index is 13.8. The SMILES string of the molecule is CC(C)c1ccc(C(C(=O)NC(C)(C)C)N(C(=O)CNC(=O)c2ccco2)c2ccc(C(C)C)cc2)cc1. The molecule has 2 aromatic carbocycles. The summed E-state index contributed by atoms with van der Waals surface area (Å²) in [6, 6.07) is 17.6. The van der Waals surface area contributed by atoms with E-state index >= 15 is 0 Å². The van der Waals surface area contributed by atoms with Gasteiger partial charge in [0.1, 0.15) is 6.04 Å². The first-order chi connectivity index (χ1) is 17.9. The van der Waals surface area contributed by atoms with Crippen LogP contribution in [0.5, 0.6) is 0 Å². The van der Waals surface area contributed by atoms with Crippen molar-refractivity contribution in [3.05, 3.63) is 89.4 Å². The van der Waals surface area contributed by atoms with Crippen molar-refractivity contribution in [3.63, 3.8) is 0 Å². The van der Waals surface area contributed by atoms with Gasteiger partial charge >= 0.3 is 0 Å². The zero-order chi connectivity index (χ0) is 28.0. The summed E-state index contributed by atoms with van der Waals surface area (Å²) in [7, 11) is 0. The number of benzene rings is 2. The van der Waals surface area contributed by atoms with Crippen molar-refractivity contribution in [2.75, 3.05) is 11.4 Å². The summed E-state index contributed by atoms with van der Waals surface area (Å²) < 4.78 is 5.15. The highest BCUT2D eigenvalue weighted by Gasteiger charge is 2.34. The predicted octanol–water partition coefficient (Wildman–Crippen LogP) is 5.95. The molecule has 0 aliphatic rings.